The summed E-state index contributed by atoms with van der Waals surface area (Å²) in [6, 6.07) is 8.09. The Kier molecular flexibility index (Phi) is 5.71. The first-order valence-corrected chi connectivity index (χ1v) is 8.70. The van der Waals surface area contributed by atoms with E-state index in [4.69, 9.17) is 15.2 Å². The van der Waals surface area contributed by atoms with Gasteiger partial charge in [-0.2, -0.15) is 0 Å². The average molecular weight is 333 g/mol. The van der Waals surface area contributed by atoms with E-state index in [0.29, 0.717) is 6.54 Å². The van der Waals surface area contributed by atoms with Crippen molar-refractivity contribution in [2.45, 2.75) is 31.6 Å². The molecule has 3 rings (SSSR count). The molecular formula is C18H27N3O3. The SMILES string of the molecule is COc1ccccc1CN1CCN(C(=O)C2CCC(CN)O2)CC1. The Morgan fingerprint density at radius 2 is 2.00 bits per heavy atom. The third kappa shape index (κ3) is 3.88. The van der Waals surface area contributed by atoms with E-state index in [-0.39, 0.29) is 18.1 Å². The first kappa shape index (κ1) is 17.2. The lowest BCUT2D eigenvalue weighted by atomic mass is 10.1. The molecule has 1 amide bonds. The molecule has 2 aliphatic rings. The van der Waals surface area contributed by atoms with E-state index in [1.807, 2.05) is 23.1 Å². The Labute approximate surface area is 143 Å². The first-order chi connectivity index (χ1) is 11.7. The molecule has 2 aliphatic heterocycles. The number of nitrogens with two attached hydrogens (primary N) is 1. The molecule has 0 aliphatic carbocycles. The van der Waals surface area contributed by atoms with Gasteiger partial charge in [0.05, 0.1) is 13.2 Å². The predicted octanol–water partition coefficient (Wildman–Crippen LogP) is 0.846. The number of hydrogen-bond donors (Lipinski definition) is 1. The van der Waals surface area contributed by atoms with Crippen LogP contribution in [0.3, 0.4) is 0 Å². The zero-order valence-electron chi connectivity index (χ0n) is 14.3. The molecule has 1 aromatic carbocycles. The molecule has 2 heterocycles. The molecule has 2 atom stereocenters. The highest BCUT2D eigenvalue weighted by molar-refractivity contribution is 5.81. The third-order valence-corrected chi connectivity index (χ3v) is 4.92. The van der Waals surface area contributed by atoms with Crippen molar-refractivity contribution in [1.29, 1.82) is 0 Å². The Morgan fingerprint density at radius 1 is 1.25 bits per heavy atom. The zero-order chi connectivity index (χ0) is 16.9. The Balaban J connectivity index is 1.50. The number of amides is 1. The Hall–Kier alpha value is -1.63. The number of piperazine rings is 1. The summed E-state index contributed by atoms with van der Waals surface area (Å²) in [5.41, 5.74) is 6.81. The monoisotopic (exact) mass is 333 g/mol. The minimum absolute atomic E-state index is 0.0470. The molecule has 6 heteroatoms. The van der Waals surface area contributed by atoms with Gasteiger partial charge in [0.25, 0.3) is 5.91 Å². The van der Waals surface area contributed by atoms with Crippen molar-refractivity contribution in [3.8, 4) is 5.75 Å². The normalized spacial score (nSPS) is 25.0. The Bertz CT molecular complexity index is 558. The van der Waals surface area contributed by atoms with Crippen LogP contribution in [0, 0.1) is 0 Å². The quantitative estimate of drug-likeness (QED) is 0.865. The van der Waals surface area contributed by atoms with Crippen molar-refractivity contribution in [1.82, 2.24) is 9.80 Å². The summed E-state index contributed by atoms with van der Waals surface area (Å²) in [5, 5.41) is 0. The summed E-state index contributed by atoms with van der Waals surface area (Å²) in [7, 11) is 1.70. The smallest absolute Gasteiger partial charge is 0.251 e. The maximum atomic E-state index is 12.5. The van der Waals surface area contributed by atoms with E-state index in [2.05, 4.69) is 11.0 Å². The number of benzene rings is 1. The van der Waals surface area contributed by atoms with Crippen molar-refractivity contribution in [2.24, 2.45) is 5.73 Å². The molecule has 2 fully saturated rings. The van der Waals surface area contributed by atoms with Crippen LogP contribution in [-0.2, 0) is 16.1 Å². The fraction of sp³-hybridized carbons (Fsp3) is 0.611. The van der Waals surface area contributed by atoms with Crippen LogP contribution in [0.2, 0.25) is 0 Å². The highest BCUT2D eigenvalue weighted by Crippen LogP contribution is 2.23. The van der Waals surface area contributed by atoms with Gasteiger partial charge in [0.2, 0.25) is 0 Å². The number of carbonyl (C=O) groups excluding carboxylic acids is 1. The zero-order valence-corrected chi connectivity index (χ0v) is 14.3. The van der Waals surface area contributed by atoms with Gasteiger partial charge in [0.15, 0.2) is 0 Å². The van der Waals surface area contributed by atoms with Crippen molar-refractivity contribution in [3.63, 3.8) is 0 Å². The van der Waals surface area contributed by atoms with Crippen molar-refractivity contribution >= 4 is 5.91 Å². The van der Waals surface area contributed by atoms with Gasteiger partial charge in [-0.25, -0.2) is 0 Å². The number of carbonyl (C=O) groups is 1. The average Bonchev–Trinajstić information content (AvgIpc) is 3.11. The van der Waals surface area contributed by atoms with Crippen LogP contribution in [-0.4, -0.2) is 67.7 Å². The van der Waals surface area contributed by atoms with E-state index in [0.717, 1.165) is 51.3 Å². The van der Waals surface area contributed by atoms with Crippen LogP contribution < -0.4 is 10.5 Å². The highest BCUT2D eigenvalue weighted by Gasteiger charge is 2.34. The summed E-state index contributed by atoms with van der Waals surface area (Å²) in [6.07, 6.45) is 1.44. The van der Waals surface area contributed by atoms with Gasteiger partial charge in [-0.05, 0) is 18.9 Å². The minimum Gasteiger partial charge on any atom is -0.496 e. The van der Waals surface area contributed by atoms with Crippen molar-refractivity contribution in [3.05, 3.63) is 29.8 Å². The molecule has 24 heavy (non-hydrogen) atoms. The van der Waals surface area contributed by atoms with Crippen LogP contribution in [0.4, 0.5) is 0 Å². The maximum absolute atomic E-state index is 12.5. The number of ether oxygens (including phenoxy) is 2. The van der Waals surface area contributed by atoms with Crippen LogP contribution in [0.25, 0.3) is 0 Å². The summed E-state index contributed by atoms with van der Waals surface area (Å²) in [4.78, 5) is 16.8. The lowest BCUT2D eigenvalue weighted by molar-refractivity contribution is -0.144. The molecule has 0 radical (unpaired) electrons. The molecule has 1 aromatic rings. The van der Waals surface area contributed by atoms with Gasteiger partial charge in [0, 0.05) is 44.8 Å². The largest absolute Gasteiger partial charge is 0.496 e. The molecule has 6 nitrogen and oxygen atoms in total. The van der Waals surface area contributed by atoms with E-state index in [9.17, 15) is 4.79 Å². The molecule has 2 N–H and O–H groups in total. The minimum atomic E-state index is -0.292. The third-order valence-electron chi connectivity index (χ3n) is 4.92. The van der Waals surface area contributed by atoms with Gasteiger partial charge in [-0.1, -0.05) is 18.2 Å². The summed E-state index contributed by atoms with van der Waals surface area (Å²) >= 11 is 0. The molecule has 0 bridgehead atoms. The van der Waals surface area contributed by atoms with E-state index in [1.54, 1.807) is 7.11 Å². The first-order valence-electron chi connectivity index (χ1n) is 8.70. The summed E-state index contributed by atoms with van der Waals surface area (Å²) < 4.78 is 11.1. The molecule has 2 unspecified atom stereocenters. The van der Waals surface area contributed by atoms with Crippen LogP contribution >= 0.6 is 0 Å². The summed E-state index contributed by atoms with van der Waals surface area (Å²) in [5.74, 6) is 1.05. The van der Waals surface area contributed by atoms with Crippen LogP contribution in [0.15, 0.2) is 24.3 Å². The molecule has 0 saturated carbocycles. The highest BCUT2D eigenvalue weighted by atomic mass is 16.5. The molecule has 132 valence electrons. The van der Waals surface area contributed by atoms with Gasteiger partial charge in [0.1, 0.15) is 11.9 Å². The van der Waals surface area contributed by atoms with Crippen LogP contribution in [0.1, 0.15) is 18.4 Å². The van der Waals surface area contributed by atoms with Crippen LogP contribution in [0.5, 0.6) is 5.75 Å². The summed E-state index contributed by atoms with van der Waals surface area (Å²) in [6.45, 7) is 4.59. The van der Waals surface area contributed by atoms with Crippen molar-refractivity contribution < 1.29 is 14.3 Å². The number of para-hydroxylation sites is 1. The van der Waals surface area contributed by atoms with Gasteiger partial charge >= 0.3 is 0 Å². The molecule has 0 aromatic heterocycles. The van der Waals surface area contributed by atoms with Gasteiger partial charge < -0.3 is 20.1 Å². The number of hydrogen-bond acceptors (Lipinski definition) is 5. The fourth-order valence-electron chi connectivity index (χ4n) is 3.47. The lowest BCUT2D eigenvalue weighted by Crippen LogP contribution is -2.51. The topological polar surface area (TPSA) is 68.0 Å². The van der Waals surface area contributed by atoms with Crippen molar-refractivity contribution in [2.75, 3.05) is 39.8 Å². The van der Waals surface area contributed by atoms with Gasteiger partial charge in [-0.3, -0.25) is 9.69 Å². The predicted molar refractivity (Wildman–Crippen MR) is 91.8 cm³/mol. The molecule has 0 spiro atoms. The molecular weight excluding hydrogens is 306 g/mol. The lowest BCUT2D eigenvalue weighted by Gasteiger charge is -2.36. The van der Waals surface area contributed by atoms with E-state index >= 15 is 0 Å². The number of rotatable bonds is 5. The maximum Gasteiger partial charge on any atom is 0.251 e. The fourth-order valence-corrected chi connectivity index (χ4v) is 3.47. The number of methoxy groups -OCH3 is 1. The second-order valence-electron chi connectivity index (χ2n) is 6.47. The van der Waals surface area contributed by atoms with E-state index < -0.39 is 0 Å². The molecule has 2 saturated heterocycles. The number of nitrogens with zero attached hydrogens (tertiary/aromatic N) is 2. The second kappa shape index (κ2) is 7.96. The van der Waals surface area contributed by atoms with Gasteiger partial charge in [-0.15, -0.1) is 0 Å². The van der Waals surface area contributed by atoms with E-state index in [1.165, 1.54) is 5.56 Å². The second-order valence-corrected chi connectivity index (χ2v) is 6.47. The standard InChI is InChI=1S/C18H27N3O3/c1-23-16-5-3-2-4-14(16)13-20-8-10-21(11-9-20)18(22)17-7-6-15(12-19)24-17/h2-5,15,17H,6-13,19H2,1H3. The Morgan fingerprint density at radius 3 is 2.67 bits per heavy atom.